The molecule has 0 radical (unpaired) electrons. The molecule has 1 aromatic heterocycles. The highest BCUT2D eigenvalue weighted by atomic mass is 32.2. The molecule has 29 heavy (non-hydrogen) atoms. The standard InChI is InChI=1S/C21H23FN2O2S3/c1-26-16-6-8-17(9-7-16)28-12-3-4-20(25)23-21-24(11-13-27-2)18-10-5-15(22)14-19(18)29-21/h5-10,14H,3-4,11-13H2,1-2H3. The minimum Gasteiger partial charge on any atom is -0.497 e. The van der Waals surface area contributed by atoms with Gasteiger partial charge in [0.2, 0.25) is 5.91 Å². The van der Waals surface area contributed by atoms with Crippen LogP contribution in [0.3, 0.4) is 0 Å². The van der Waals surface area contributed by atoms with E-state index in [1.54, 1.807) is 36.7 Å². The number of benzene rings is 2. The fourth-order valence-electron chi connectivity index (χ4n) is 2.78. The van der Waals surface area contributed by atoms with Crippen LogP contribution in [-0.4, -0.2) is 35.3 Å². The van der Waals surface area contributed by atoms with Crippen molar-refractivity contribution in [1.29, 1.82) is 0 Å². The minimum absolute atomic E-state index is 0.134. The normalized spacial score (nSPS) is 11.9. The summed E-state index contributed by atoms with van der Waals surface area (Å²) in [6.07, 6.45) is 3.19. The number of amides is 1. The van der Waals surface area contributed by atoms with E-state index in [0.29, 0.717) is 11.2 Å². The van der Waals surface area contributed by atoms with E-state index in [1.165, 1.54) is 23.5 Å². The van der Waals surface area contributed by atoms with Gasteiger partial charge in [-0.05, 0) is 60.9 Å². The Balaban J connectivity index is 1.63. The number of halogens is 1. The molecule has 0 aliphatic heterocycles. The summed E-state index contributed by atoms with van der Waals surface area (Å²) in [6.45, 7) is 0.742. The van der Waals surface area contributed by atoms with Crippen molar-refractivity contribution < 1.29 is 13.9 Å². The van der Waals surface area contributed by atoms with Gasteiger partial charge in [-0.15, -0.1) is 11.8 Å². The molecule has 3 aromatic rings. The molecule has 154 valence electrons. The highest BCUT2D eigenvalue weighted by Gasteiger charge is 2.09. The summed E-state index contributed by atoms with van der Waals surface area (Å²) >= 11 is 4.81. The quantitative estimate of drug-likeness (QED) is 0.331. The van der Waals surface area contributed by atoms with Gasteiger partial charge in [-0.2, -0.15) is 16.8 Å². The van der Waals surface area contributed by atoms with E-state index < -0.39 is 0 Å². The topological polar surface area (TPSA) is 43.6 Å². The van der Waals surface area contributed by atoms with Gasteiger partial charge in [-0.3, -0.25) is 4.79 Å². The Morgan fingerprint density at radius 1 is 1.21 bits per heavy atom. The van der Waals surface area contributed by atoms with Crippen LogP contribution in [0.2, 0.25) is 0 Å². The van der Waals surface area contributed by atoms with Crippen LogP contribution in [0.25, 0.3) is 10.2 Å². The summed E-state index contributed by atoms with van der Waals surface area (Å²) in [5.74, 6) is 2.18. The SMILES string of the molecule is COc1ccc(SCCCC(=O)N=c2sc3cc(F)ccc3n2CCSC)cc1. The van der Waals surface area contributed by atoms with E-state index in [9.17, 15) is 9.18 Å². The van der Waals surface area contributed by atoms with E-state index in [-0.39, 0.29) is 11.7 Å². The van der Waals surface area contributed by atoms with E-state index >= 15 is 0 Å². The fraction of sp³-hybridized carbons (Fsp3) is 0.333. The van der Waals surface area contributed by atoms with Crippen LogP contribution in [0.4, 0.5) is 4.39 Å². The smallest absolute Gasteiger partial charge is 0.248 e. The van der Waals surface area contributed by atoms with Crippen LogP contribution in [-0.2, 0) is 11.3 Å². The Hall–Kier alpha value is -1.77. The first kappa shape index (κ1) is 21.9. The number of carbonyl (C=O) groups excluding carboxylic acids is 1. The lowest BCUT2D eigenvalue weighted by molar-refractivity contribution is -0.118. The third kappa shape index (κ3) is 6.10. The maximum atomic E-state index is 13.6. The van der Waals surface area contributed by atoms with E-state index in [2.05, 4.69) is 4.99 Å². The number of nitrogens with zero attached hydrogens (tertiary/aromatic N) is 2. The van der Waals surface area contributed by atoms with Gasteiger partial charge >= 0.3 is 0 Å². The molecule has 8 heteroatoms. The van der Waals surface area contributed by atoms with Gasteiger partial charge < -0.3 is 9.30 Å². The number of thiazole rings is 1. The number of rotatable bonds is 9. The number of aryl methyl sites for hydroxylation is 1. The Bertz CT molecular complexity index is 1030. The van der Waals surface area contributed by atoms with Gasteiger partial charge in [-0.1, -0.05) is 11.3 Å². The van der Waals surface area contributed by atoms with Crippen molar-refractivity contribution in [1.82, 2.24) is 4.57 Å². The monoisotopic (exact) mass is 450 g/mol. The minimum atomic E-state index is -0.274. The lowest BCUT2D eigenvalue weighted by atomic mass is 10.3. The second-order valence-corrected chi connectivity index (χ2v) is 9.44. The van der Waals surface area contributed by atoms with Crippen LogP contribution in [0.1, 0.15) is 12.8 Å². The summed E-state index contributed by atoms with van der Waals surface area (Å²) in [6, 6.07) is 12.6. The molecule has 1 amide bonds. The zero-order valence-corrected chi connectivity index (χ0v) is 18.8. The van der Waals surface area contributed by atoms with Gasteiger partial charge in [0.15, 0.2) is 4.80 Å². The number of hydrogen-bond donors (Lipinski definition) is 0. The molecule has 4 nitrogen and oxygen atoms in total. The highest BCUT2D eigenvalue weighted by Crippen LogP contribution is 2.22. The predicted molar refractivity (Wildman–Crippen MR) is 122 cm³/mol. The number of aromatic nitrogens is 1. The summed E-state index contributed by atoms with van der Waals surface area (Å²) in [5, 5.41) is 0. The van der Waals surface area contributed by atoms with Crippen molar-refractivity contribution in [3.05, 3.63) is 53.1 Å². The Kier molecular flexibility index (Phi) is 8.20. The summed E-state index contributed by atoms with van der Waals surface area (Å²) in [4.78, 5) is 18.5. The maximum absolute atomic E-state index is 13.6. The van der Waals surface area contributed by atoms with Crippen molar-refractivity contribution in [2.75, 3.05) is 24.9 Å². The maximum Gasteiger partial charge on any atom is 0.248 e. The van der Waals surface area contributed by atoms with Crippen LogP contribution in [0, 0.1) is 5.82 Å². The van der Waals surface area contributed by atoms with Gasteiger partial charge in [0, 0.05) is 23.6 Å². The highest BCUT2D eigenvalue weighted by molar-refractivity contribution is 7.99. The largest absolute Gasteiger partial charge is 0.497 e. The van der Waals surface area contributed by atoms with Crippen molar-refractivity contribution in [2.45, 2.75) is 24.3 Å². The van der Waals surface area contributed by atoms with Crippen LogP contribution < -0.4 is 9.54 Å². The van der Waals surface area contributed by atoms with E-state index in [0.717, 1.165) is 45.3 Å². The van der Waals surface area contributed by atoms with Crippen molar-refractivity contribution in [3.63, 3.8) is 0 Å². The number of carbonyl (C=O) groups is 1. The van der Waals surface area contributed by atoms with E-state index in [4.69, 9.17) is 4.74 Å². The fourth-order valence-corrected chi connectivity index (χ4v) is 5.10. The molecule has 0 aliphatic carbocycles. The zero-order valence-electron chi connectivity index (χ0n) is 16.4. The molecule has 0 bridgehead atoms. The summed E-state index contributed by atoms with van der Waals surface area (Å²) < 4.78 is 21.5. The third-order valence-corrected chi connectivity index (χ3v) is 6.98. The first-order chi connectivity index (χ1) is 14.1. The Morgan fingerprint density at radius 2 is 2.00 bits per heavy atom. The van der Waals surface area contributed by atoms with Gasteiger partial charge in [0.05, 0.1) is 17.3 Å². The predicted octanol–water partition coefficient (Wildman–Crippen LogP) is 5.21. The molecule has 0 fully saturated rings. The lowest BCUT2D eigenvalue weighted by Gasteiger charge is -2.04. The molecule has 3 rings (SSSR count). The molecule has 1 heterocycles. The van der Waals surface area contributed by atoms with Crippen molar-refractivity contribution in [3.8, 4) is 5.75 Å². The molecule has 0 saturated carbocycles. The average Bonchev–Trinajstić information content (AvgIpc) is 3.05. The van der Waals surface area contributed by atoms with Gasteiger partial charge in [-0.25, -0.2) is 4.39 Å². The Morgan fingerprint density at radius 3 is 2.72 bits per heavy atom. The molecular weight excluding hydrogens is 427 g/mol. The van der Waals surface area contributed by atoms with Crippen LogP contribution in [0.5, 0.6) is 5.75 Å². The molecular formula is C21H23FN2O2S3. The lowest BCUT2D eigenvalue weighted by Crippen LogP contribution is -2.18. The first-order valence-corrected chi connectivity index (χ1v) is 12.4. The molecule has 0 spiro atoms. The summed E-state index contributed by atoms with van der Waals surface area (Å²) in [7, 11) is 1.65. The van der Waals surface area contributed by atoms with Crippen molar-refractivity contribution >= 4 is 51.0 Å². The second-order valence-electron chi connectivity index (χ2n) is 6.27. The van der Waals surface area contributed by atoms with Crippen molar-refractivity contribution in [2.24, 2.45) is 4.99 Å². The van der Waals surface area contributed by atoms with E-state index in [1.807, 2.05) is 35.1 Å². The second kappa shape index (κ2) is 10.8. The number of methoxy groups -OCH3 is 1. The molecule has 0 atom stereocenters. The molecule has 2 aromatic carbocycles. The van der Waals surface area contributed by atoms with Gasteiger partial charge in [0.25, 0.3) is 0 Å². The molecule has 0 N–H and O–H groups in total. The Labute approximate surface area is 182 Å². The number of ether oxygens (including phenoxy) is 1. The molecule has 0 aliphatic rings. The van der Waals surface area contributed by atoms with Crippen LogP contribution in [0.15, 0.2) is 52.4 Å². The number of thioether (sulfide) groups is 2. The van der Waals surface area contributed by atoms with Crippen LogP contribution >= 0.6 is 34.9 Å². The molecule has 0 unspecified atom stereocenters. The summed E-state index contributed by atoms with van der Waals surface area (Å²) in [5.41, 5.74) is 0.923. The third-order valence-electron chi connectivity index (χ3n) is 4.25. The number of fused-ring (bicyclic) bond motifs is 1. The number of hydrogen-bond acceptors (Lipinski definition) is 5. The average molecular weight is 451 g/mol. The zero-order chi connectivity index (χ0) is 20.6. The molecule has 0 saturated heterocycles. The van der Waals surface area contributed by atoms with Gasteiger partial charge in [0.1, 0.15) is 11.6 Å². The first-order valence-electron chi connectivity index (χ1n) is 9.23.